The van der Waals surface area contributed by atoms with E-state index in [1.807, 2.05) is 0 Å². The predicted molar refractivity (Wildman–Crippen MR) is 94.7 cm³/mol. The van der Waals surface area contributed by atoms with E-state index in [9.17, 15) is 27.9 Å². The standard InChI is InChI=1S/C18H14F3N5O3/c19-18(20,21)12-5-1-10(2-6-12)14(17(28)29)9-15(27)22-13-7-3-11(4-8-13)16-23-25-26-24-16/h1-8,14H,9H2,(H,22,27)(H,28,29)(H,23,24,25,26). The highest BCUT2D eigenvalue weighted by atomic mass is 19.4. The minimum Gasteiger partial charge on any atom is -0.481 e. The highest BCUT2D eigenvalue weighted by molar-refractivity contribution is 5.94. The number of H-pyrrole nitrogens is 1. The first-order valence-electron chi connectivity index (χ1n) is 8.28. The SMILES string of the molecule is O=C(CC(C(=O)O)c1ccc(C(F)(F)F)cc1)Nc1ccc(-c2nn[nH]n2)cc1. The van der Waals surface area contributed by atoms with Crippen LogP contribution in [0.1, 0.15) is 23.5 Å². The highest BCUT2D eigenvalue weighted by Gasteiger charge is 2.31. The zero-order chi connectivity index (χ0) is 21.0. The zero-order valence-electron chi connectivity index (χ0n) is 14.6. The molecule has 0 radical (unpaired) electrons. The van der Waals surface area contributed by atoms with Crippen LogP contribution in [0.4, 0.5) is 18.9 Å². The Balaban J connectivity index is 1.67. The van der Waals surface area contributed by atoms with Gasteiger partial charge in [-0.1, -0.05) is 12.1 Å². The number of aromatic nitrogens is 4. The summed E-state index contributed by atoms with van der Waals surface area (Å²) in [6, 6.07) is 10.2. The van der Waals surface area contributed by atoms with Gasteiger partial charge in [0.05, 0.1) is 11.5 Å². The number of amides is 1. The smallest absolute Gasteiger partial charge is 0.416 e. The molecule has 150 valence electrons. The Labute approximate surface area is 161 Å². The second kappa shape index (κ2) is 8.09. The molecule has 2 aromatic carbocycles. The molecule has 1 atom stereocenters. The average molecular weight is 405 g/mol. The van der Waals surface area contributed by atoms with Crippen molar-refractivity contribution in [2.45, 2.75) is 18.5 Å². The number of rotatable bonds is 6. The number of halogens is 3. The Kier molecular flexibility index (Phi) is 5.57. The topological polar surface area (TPSA) is 121 Å². The molecule has 8 nitrogen and oxygen atoms in total. The van der Waals surface area contributed by atoms with E-state index in [1.54, 1.807) is 24.3 Å². The molecular weight excluding hydrogens is 391 g/mol. The maximum absolute atomic E-state index is 12.7. The van der Waals surface area contributed by atoms with Gasteiger partial charge in [-0.05, 0) is 47.2 Å². The fraction of sp³-hybridized carbons (Fsp3) is 0.167. The molecule has 0 bridgehead atoms. The second-order valence-electron chi connectivity index (χ2n) is 6.08. The lowest BCUT2D eigenvalue weighted by Gasteiger charge is -2.14. The highest BCUT2D eigenvalue weighted by Crippen LogP contribution is 2.31. The lowest BCUT2D eigenvalue weighted by Crippen LogP contribution is -2.21. The Morgan fingerprint density at radius 2 is 1.72 bits per heavy atom. The van der Waals surface area contributed by atoms with E-state index in [1.165, 1.54) is 0 Å². The van der Waals surface area contributed by atoms with Gasteiger partial charge in [0.1, 0.15) is 0 Å². The number of aromatic amines is 1. The lowest BCUT2D eigenvalue weighted by molar-refractivity contribution is -0.140. The molecule has 0 fully saturated rings. The minimum absolute atomic E-state index is 0.105. The summed E-state index contributed by atoms with van der Waals surface area (Å²) in [6.45, 7) is 0. The van der Waals surface area contributed by atoms with Crippen LogP contribution in [0.3, 0.4) is 0 Å². The minimum atomic E-state index is -4.53. The Morgan fingerprint density at radius 3 is 2.24 bits per heavy atom. The van der Waals surface area contributed by atoms with Gasteiger partial charge in [-0.15, -0.1) is 10.2 Å². The van der Waals surface area contributed by atoms with Crippen molar-refractivity contribution in [3.05, 3.63) is 59.7 Å². The van der Waals surface area contributed by atoms with E-state index < -0.39 is 36.0 Å². The van der Waals surface area contributed by atoms with Gasteiger partial charge in [0.15, 0.2) is 0 Å². The van der Waals surface area contributed by atoms with E-state index in [2.05, 4.69) is 25.9 Å². The van der Waals surface area contributed by atoms with Crippen molar-refractivity contribution in [1.82, 2.24) is 20.6 Å². The number of carboxylic acids is 1. The van der Waals surface area contributed by atoms with Gasteiger partial charge in [-0.25, -0.2) is 0 Å². The lowest BCUT2D eigenvalue weighted by atomic mass is 9.94. The molecule has 29 heavy (non-hydrogen) atoms. The van der Waals surface area contributed by atoms with Gasteiger partial charge in [0.25, 0.3) is 0 Å². The number of benzene rings is 2. The largest absolute Gasteiger partial charge is 0.481 e. The summed E-state index contributed by atoms with van der Waals surface area (Å²) in [5.41, 5.74) is 0.286. The van der Waals surface area contributed by atoms with Crippen LogP contribution >= 0.6 is 0 Å². The van der Waals surface area contributed by atoms with E-state index in [4.69, 9.17) is 0 Å². The van der Waals surface area contributed by atoms with Gasteiger partial charge in [-0.3, -0.25) is 9.59 Å². The van der Waals surface area contributed by atoms with Crippen molar-refractivity contribution >= 4 is 17.6 Å². The number of hydrogen-bond donors (Lipinski definition) is 3. The number of aliphatic carboxylic acids is 1. The van der Waals surface area contributed by atoms with Crippen LogP contribution in [-0.2, 0) is 15.8 Å². The first-order chi connectivity index (χ1) is 13.7. The third kappa shape index (κ3) is 4.94. The summed E-state index contributed by atoms with van der Waals surface area (Å²) in [4.78, 5) is 23.8. The van der Waals surface area contributed by atoms with Crippen LogP contribution < -0.4 is 5.32 Å². The summed E-state index contributed by atoms with van der Waals surface area (Å²) in [7, 11) is 0. The monoisotopic (exact) mass is 405 g/mol. The number of carbonyl (C=O) groups is 2. The molecule has 0 saturated heterocycles. The van der Waals surface area contributed by atoms with Crippen molar-refractivity contribution in [2.24, 2.45) is 0 Å². The van der Waals surface area contributed by atoms with E-state index in [0.717, 1.165) is 24.3 Å². The Morgan fingerprint density at radius 1 is 1.07 bits per heavy atom. The summed E-state index contributed by atoms with van der Waals surface area (Å²) in [6.07, 6.45) is -4.96. The van der Waals surface area contributed by atoms with Crippen molar-refractivity contribution in [1.29, 1.82) is 0 Å². The molecule has 3 rings (SSSR count). The third-order valence-corrected chi connectivity index (χ3v) is 4.10. The quantitative estimate of drug-likeness (QED) is 0.580. The Bertz CT molecular complexity index is 987. The Hall–Kier alpha value is -3.76. The number of alkyl halides is 3. The maximum atomic E-state index is 12.7. The molecule has 0 spiro atoms. The van der Waals surface area contributed by atoms with Crippen LogP contribution in [-0.4, -0.2) is 37.6 Å². The summed E-state index contributed by atoms with van der Waals surface area (Å²) in [5.74, 6) is -2.82. The summed E-state index contributed by atoms with van der Waals surface area (Å²) >= 11 is 0. The van der Waals surface area contributed by atoms with Gasteiger partial charge in [0.2, 0.25) is 11.7 Å². The first kappa shape index (κ1) is 20.0. The normalized spacial score (nSPS) is 12.4. The molecule has 3 aromatic rings. The first-order valence-corrected chi connectivity index (χ1v) is 8.28. The summed E-state index contributed by atoms with van der Waals surface area (Å²) in [5, 5.41) is 25.3. The van der Waals surface area contributed by atoms with Gasteiger partial charge < -0.3 is 10.4 Å². The fourth-order valence-electron chi connectivity index (χ4n) is 2.64. The molecule has 1 amide bonds. The van der Waals surface area contributed by atoms with E-state index in [-0.39, 0.29) is 5.56 Å². The number of carbonyl (C=O) groups excluding carboxylic acids is 1. The van der Waals surface area contributed by atoms with Crippen molar-refractivity contribution < 1.29 is 27.9 Å². The molecule has 3 N–H and O–H groups in total. The van der Waals surface area contributed by atoms with Crippen LogP contribution in [0.15, 0.2) is 48.5 Å². The number of hydrogen-bond acceptors (Lipinski definition) is 5. The zero-order valence-corrected chi connectivity index (χ0v) is 14.6. The molecular formula is C18H14F3N5O3. The van der Waals surface area contributed by atoms with Gasteiger partial charge in [0, 0.05) is 17.7 Å². The predicted octanol–water partition coefficient (Wildman–Crippen LogP) is 3.08. The molecule has 0 aliphatic carbocycles. The van der Waals surface area contributed by atoms with Crippen molar-refractivity contribution in [3.63, 3.8) is 0 Å². The molecule has 0 aliphatic heterocycles. The maximum Gasteiger partial charge on any atom is 0.416 e. The number of carboxylic acid groups (broad SMARTS) is 1. The third-order valence-electron chi connectivity index (χ3n) is 4.10. The molecule has 0 aliphatic rings. The molecule has 11 heteroatoms. The van der Waals surface area contributed by atoms with Crippen LogP contribution in [0.5, 0.6) is 0 Å². The van der Waals surface area contributed by atoms with Crippen LogP contribution in [0.2, 0.25) is 0 Å². The van der Waals surface area contributed by atoms with Crippen LogP contribution in [0, 0.1) is 0 Å². The summed E-state index contributed by atoms with van der Waals surface area (Å²) < 4.78 is 38.0. The van der Waals surface area contributed by atoms with E-state index >= 15 is 0 Å². The van der Waals surface area contributed by atoms with Crippen LogP contribution in [0.25, 0.3) is 11.4 Å². The van der Waals surface area contributed by atoms with Gasteiger partial charge >= 0.3 is 12.1 Å². The van der Waals surface area contributed by atoms with E-state index in [0.29, 0.717) is 17.1 Å². The average Bonchev–Trinajstić information content (AvgIpc) is 3.21. The molecule has 1 aromatic heterocycles. The number of nitrogens with one attached hydrogen (secondary N) is 2. The molecule has 1 unspecified atom stereocenters. The fourth-order valence-corrected chi connectivity index (χ4v) is 2.64. The number of tetrazole rings is 1. The van der Waals surface area contributed by atoms with Crippen molar-refractivity contribution in [3.8, 4) is 11.4 Å². The second-order valence-corrected chi connectivity index (χ2v) is 6.08. The van der Waals surface area contributed by atoms with Gasteiger partial charge in [-0.2, -0.15) is 18.4 Å². The van der Waals surface area contributed by atoms with Crippen molar-refractivity contribution in [2.75, 3.05) is 5.32 Å². The number of nitrogens with zero attached hydrogens (tertiary/aromatic N) is 3. The molecule has 1 heterocycles. The molecule has 0 saturated carbocycles. The number of anilines is 1.